The summed E-state index contributed by atoms with van der Waals surface area (Å²) in [5.41, 5.74) is 0.841. The molecule has 2 heterocycles. The second-order valence-corrected chi connectivity index (χ2v) is 9.41. The van der Waals surface area contributed by atoms with Crippen LogP contribution >= 0.6 is 22.7 Å². The van der Waals surface area contributed by atoms with E-state index in [0.717, 1.165) is 5.56 Å². The normalized spacial score (nSPS) is 14.4. The van der Waals surface area contributed by atoms with Gasteiger partial charge in [0.25, 0.3) is 0 Å². The number of rotatable bonds is 6. The Labute approximate surface area is 155 Å². The minimum atomic E-state index is -3.73. The number of sulfonamides is 1. The van der Waals surface area contributed by atoms with Gasteiger partial charge in [0.05, 0.1) is 4.90 Å². The molecule has 0 saturated heterocycles. The van der Waals surface area contributed by atoms with E-state index < -0.39 is 15.6 Å². The maximum Gasteiger partial charge on any atom is 0.240 e. The van der Waals surface area contributed by atoms with Crippen LogP contribution in [-0.4, -0.2) is 20.1 Å². The third-order valence-corrected chi connectivity index (χ3v) is 7.33. The smallest absolute Gasteiger partial charge is 0.240 e. The highest BCUT2D eigenvalue weighted by Gasteiger charge is 2.35. The average Bonchev–Trinajstić information content (AvgIpc) is 3.28. The van der Waals surface area contributed by atoms with E-state index in [1.165, 1.54) is 22.7 Å². The molecule has 0 radical (unpaired) electrons. The molecule has 7 heteroatoms. The van der Waals surface area contributed by atoms with E-state index in [-0.39, 0.29) is 11.4 Å². The SMILES string of the molecule is Cc1ccc(C)c(S(=O)(=O)NCC(O)(c2ccsc2)c2cccs2)c1. The van der Waals surface area contributed by atoms with Crippen molar-refractivity contribution in [3.05, 3.63) is 74.1 Å². The van der Waals surface area contributed by atoms with Crippen LogP contribution in [0.2, 0.25) is 0 Å². The van der Waals surface area contributed by atoms with Crippen molar-refractivity contribution < 1.29 is 13.5 Å². The zero-order chi connectivity index (χ0) is 18.1. The van der Waals surface area contributed by atoms with Crippen molar-refractivity contribution in [3.8, 4) is 0 Å². The van der Waals surface area contributed by atoms with Crippen LogP contribution in [0.1, 0.15) is 21.6 Å². The van der Waals surface area contributed by atoms with E-state index >= 15 is 0 Å². The first-order valence-corrected chi connectivity index (χ1v) is 11.0. The number of thiophene rings is 2. The summed E-state index contributed by atoms with van der Waals surface area (Å²) in [6.45, 7) is 3.49. The minimum absolute atomic E-state index is 0.125. The molecule has 0 aliphatic heterocycles. The van der Waals surface area contributed by atoms with E-state index in [4.69, 9.17) is 0 Å². The van der Waals surface area contributed by atoms with Gasteiger partial charge in [-0.1, -0.05) is 18.2 Å². The molecule has 25 heavy (non-hydrogen) atoms. The number of hydrogen-bond donors (Lipinski definition) is 2. The molecule has 0 saturated carbocycles. The van der Waals surface area contributed by atoms with Gasteiger partial charge < -0.3 is 5.11 Å². The zero-order valence-corrected chi connectivity index (χ0v) is 16.3. The topological polar surface area (TPSA) is 66.4 Å². The fraction of sp³-hybridized carbons (Fsp3) is 0.222. The Morgan fingerprint density at radius 1 is 1.16 bits per heavy atom. The van der Waals surface area contributed by atoms with E-state index in [9.17, 15) is 13.5 Å². The summed E-state index contributed by atoms with van der Waals surface area (Å²) >= 11 is 2.87. The molecule has 0 aliphatic rings. The summed E-state index contributed by atoms with van der Waals surface area (Å²) in [7, 11) is -3.73. The van der Waals surface area contributed by atoms with Crippen molar-refractivity contribution >= 4 is 32.7 Å². The maximum atomic E-state index is 12.8. The standard InChI is InChI=1S/C18H19NO3S3/c1-13-5-6-14(2)16(10-13)25(21,22)19-12-18(20,15-7-9-23-11-15)17-4-3-8-24-17/h3-11,19-20H,12H2,1-2H3. The summed E-state index contributed by atoms with van der Waals surface area (Å²) in [6.07, 6.45) is 0. The second kappa shape index (κ2) is 7.01. The van der Waals surface area contributed by atoms with Crippen LogP contribution in [0.4, 0.5) is 0 Å². The molecule has 132 valence electrons. The van der Waals surface area contributed by atoms with Crippen molar-refractivity contribution in [1.29, 1.82) is 0 Å². The van der Waals surface area contributed by atoms with Gasteiger partial charge in [-0.3, -0.25) is 0 Å². The fourth-order valence-corrected chi connectivity index (χ4v) is 5.58. The van der Waals surface area contributed by atoms with Gasteiger partial charge in [-0.15, -0.1) is 11.3 Å². The monoisotopic (exact) mass is 393 g/mol. The van der Waals surface area contributed by atoms with Crippen LogP contribution in [0.5, 0.6) is 0 Å². The molecule has 0 fully saturated rings. The zero-order valence-electron chi connectivity index (χ0n) is 13.9. The van der Waals surface area contributed by atoms with E-state index in [1.807, 2.05) is 47.3 Å². The Balaban J connectivity index is 1.93. The van der Waals surface area contributed by atoms with Crippen molar-refractivity contribution in [3.63, 3.8) is 0 Å². The van der Waals surface area contributed by atoms with Gasteiger partial charge in [-0.05, 0) is 59.3 Å². The molecule has 0 bridgehead atoms. The van der Waals surface area contributed by atoms with Crippen molar-refractivity contribution in [2.24, 2.45) is 0 Å². The van der Waals surface area contributed by atoms with Crippen LogP contribution < -0.4 is 4.72 Å². The lowest BCUT2D eigenvalue weighted by molar-refractivity contribution is 0.0903. The molecule has 3 rings (SSSR count). The largest absolute Gasteiger partial charge is 0.378 e. The first-order chi connectivity index (χ1) is 11.8. The lowest BCUT2D eigenvalue weighted by Crippen LogP contribution is -2.41. The van der Waals surface area contributed by atoms with Crippen LogP contribution in [0, 0.1) is 13.8 Å². The first-order valence-electron chi connectivity index (χ1n) is 7.69. The van der Waals surface area contributed by atoms with Gasteiger partial charge in [-0.25, -0.2) is 13.1 Å². The highest BCUT2D eigenvalue weighted by Crippen LogP contribution is 2.34. The molecule has 1 unspecified atom stereocenters. The predicted octanol–water partition coefficient (Wildman–Crippen LogP) is 3.64. The Bertz CT molecular complexity index is 911. The summed E-state index contributed by atoms with van der Waals surface area (Å²) in [5, 5.41) is 16.8. The van der Waals surface area contributed by atoms with Crippen molar-refractivity contribution in [2.75, 3.05) is 6.54 Å². The molecule has 1 aromatic carbocycles. The Morgan fingerprint density at radius 2 is 1.96 bits per heavy atom. The number of benzene rings is 1. The lowest BCUT2D eigenvalue weighted by Gasteiger charge is -2.27. The van der Waals surface area contributed by atoms with Gasteiger partial charge in [0.2, 0.25) is 10.0 Å². The van der Waals surface area contributed by atoms with E-state index in [0.29, 0.717) is 16.0 Å². The number of aliphatic hydroxyl groups is 1. The molecule has 0 spiro atoms. The second-order valence-electron chi connectivity index (χ2n) is 5.94. The summed E-state index contributed by atoms with van der Waals surface area (Å²) in [4.78, 5) is 0.945. The molecular formula is C18H19NO3S3. The third kappa shape index (κ3) is 3.70. The molecule has 4 nitrogen and oxygen atoms in total. The lowest BCUT2D eigenvalue weighted by atomic mass is 9.95. The summed E-state index contributed by atoms with van der Waals surface area (Å²) in [6, 6.07) is 10.8. The molecular weight excluding hydrogens is 374 g/mol. The van der Waals surface area contributed by atoms with Gasteiger partial charge in [-0.2, -0.15) is 11.3 Å². The van der Waals surface area contributed by atoms with E-state index in [2.05, 4.69) is 4.72 Å². The van der Waals surface area contributed by atoms with Crippen LogP contribution in [0.15, 0.2) is 57.4 Å². The van der Waals surface area contributed by atoms with Crippen LogP contribution in [-0.2, 0) is 15.6 Å². The maximum absolute atomic E-state index is 12.8. The Kier molecular flexibility index (Phi) is 5.13. The van der Waals surface area contributed by atoms with Gasteiger partial charge in [0.1, 0.15) is 5.60 Å². The molecule has 2 N–H and O–H groups in total. The molecule has 2 aromatic heterocycles. The molecule has 0 amide bonds. The number of aryl methyl sites for hydroxylation is 2. The summed E-state index contributed by atoms with van der Waals surface area (Å²) in [5.74, 6) is 0. The number of hydrogen-bond acceptors (Lipinski definition) is 5. The van der Waals surface area contributed by atoms with E-state index in [1.54, 1.807) is 19.1 Å². The van der Waals surface area contributed by atoms with Gasteiger partial charge >= 0.3 is 0 Å². The Morgan fingerprint density at radius 3 is 2.60 bits per heavy atom. The van der Waals surface area contributed by atoms with Crippen molar-refractivity contribution in [1.82, 2.24) is 4.72 Å². The molecule has 1 atom stereocenters. The van der Waals surface area contributed by atoms with Gasteiger partial charge in [0, 0.05) is 17.0 Å². The first kappa shape index (κ1) is 18.3. The third-order valence-electron chi connectivity index (χ3n) is 4.08. The highest BCUT2D eigenvalue weighted by atomic mass is 32.2. The van der Waals surface area contributed by atoms with Gasteiger partial charge in [0.15, 0.2) is 0 Å². The van der Waals surface area contributed by atoms with Crippen LogP contribution in [0.25, 0.3) is 0 Å². The van der Waals surface area contributed by atoms with Crippen molar-refractivity contribution in [2.45, 2.75) is 24.3 Å². The summed E-state index contributed by atoms with van der Waals surface area (Å²) < 4.78 is 28.1. The fourth-order valence-electron chi connectivity index (χ4n) is 2.62. The van der Waals surface area contributed by atoms with Crippen LogP contribution in [0.3, 0.4) is 0 Å². The average molecular weight is 394 g/mol. The Hall–Kier alpha value is -1.51. The quantitative estimate of drug-likeness (QED) is 0.672. The molecule has 0 aliphatic carbocycles. The minimum Gasteiger partial charge on any atom is -0.378 e. The highest BCUT2D eigenvalue weighted by molar-refractivity contribution is 7.89. The number of nitrogens with one attached hydrogen (secondary N) is 1. The predicted molar refractivity (Wildman–Crippen MR) is 103 cm³/mol. The molecule has 3 aromatic rings.